The third-order valence-electron chi connectivity index (χ3n) is 4.72. The van der Waals surface area contributed by atoms with Crippen LogP contribution in [-0.4, -0.2) is 53.7 Å². The fourth-order valence-corrected chi connectivity index (χ4v) is 3.25. The molecule has 1 fully saturated rings. The first kappa shape index (κ1) is 17.4. The molecule has 0 radical (unpaired) electrons. The molecule has 1 amide bonds. The largest absolute Gasteiger partial charge is 0.392 e. The molecule has 0 aliphatic carbocycles. The average molecular weight is 340 g/mol. The molecule has 3 rings (SSSR count). The second-order valence-corrected chi connectivity index (χ2v) is 6.51. The highest BCUT2D eigenvalue weighted by atomic mass is 16.3. The highest BCUT2D eigenvalue weighted by Crippen LogP contribution is 2.26. The molecule has 1 aliphatic heterocycles. The lowest BCUT2D eigenvalue weighted by molar-refractivity contribution is 0.1000. The van der Waals surface area contributed by atoms with Crippen LogP contribution in [0, 0.1) is 0 Å². The number of anilines is 1. The number of aliphatic hydroxyl groups excluding tert-OH is 1. The summed E-state index contributed by atoms with van der Waals surface area (Å²) >= 11 is 0. The number of benzene rings is 1. The van der Waals surface area contributed by atoms with Crippen LogP contribution in [0.3, 0.4) is 0 Å². The van der Waals surface area contributed by atoms with E-state index in [1.165, 1.54) is 11.8 Å². The predicted octanol–water partition coefficient (Wildman–Crippen LogP) is 1.42. The SMILES string of the molecule is CN(c1ccc(C(N)=O)cn1)[C@H](CN1CC[C@H](O)C1)c1ccccc1. The van der Waals surface area contributed by atoms with Crippen LogP contribution in [0.25, 0.3) is 0 Å². The van der Waals surface area contributed by atoms with Crippen LogP contribution in [0.5, 0.6) is 0 Å². The minimum absolute atomic E-state index is 0.0958. The van der Waals surface area contributed by atoms with E-state index in [0.29, 0.717) is 12.1 Å². The lowest BCUT2D eigenvalue weighted by Crippen LogP contribution is -2.36. The Kier molecular flexibility index (Phi) is 5.31. The number of carbonyl (C=O) groups excluding carboxylic acids is 1. The molecule has 6 nitrogen and oxygen atoms in total. The molecule has 0 bridgehead atoms. The summed E-state index contributed by atoms with van der Waals surface area (Å²) in [6, 6.07) is 13.9. The monoisotopic (exact) mass is 340 g/mol. The second-order valence-electron chi connectivity index (χ2n) is 6.51. The van der Waals surface area contributed by atoms with Crippen molar-refractivity contribution in [2.75, 3.05) is 31.6 Å². The van der Waals surface area contributed by atoms with E-state index >= 15 is 0 Å². The van der Waals surface area contributed by atoms with Crippen molar-refractivity contribution in [3.8, 4) is 0 Å². The zero-order valence-electron chi connectivity index (χ0n) is 14.4. The molecule has 3 N–H and O–H groups in total. The van der Waals surface area contributed by atoms with Gasteiger partial charge in [0.2, 0.25) is 5.91 Å². The van der Waals surface area contributed by atoms with Crippen LogP contribution in [0.1, 0.15) is 28.4 Å². The van der Waals surface area contributed by atoms with Crippen LogP contribution in [0.2, 0.25) is 0 Å². The Bertz CT molecular complexity index is 705. The summed E-state index contributed by atoms with van der Waals surface area (Å²) in [7, 11) is 2.00. The van der Waals surface area contributed by atoms with Gasteiger partial charge in [-0.1, -0.05) is 30.3 Å². The van der Waals surface area contributed by atoms with Crippen molar-refractivity contribution < 1.29 is 9.90 Å². The third-order valence-corrected chi connectivity index (χ3v) is 4.72. The van der Waals surface area contributed by atoms with Crippen LogP contribution >= 0.6 is 0 Å². The van der Waals surface area contributed by atoms with E-state index in [0.717, 1.165) is 25.3 Å². The van der Waals surface area contributed by atoms with Gasteiger partial charge >= 0.3 is 0 Å². The van der Waals surface area contributed by atoms with Crippen molar-refractivity contribution in [2.45, 2.75) is 18.6 Å². The standard InChI is InChI=1S/C19H24N4O2/c1-22(18-8-7-15(11-21-18)19(20)25)17(14-5-3-2-4-6-14)13-23-10-9-16(24)12-23/h2-8,11,16-17,24H,9-10,12-13H2,1H3,(H2,20,25)/t16-,17+/m0/s1. The van der Waals surface area contributed by atoms with E-state index in [-0.39, 0.29) is 12.1 Å². The number of nitrogens with two attached hydrogens (primary N) is 1. The molecule has 0 unspecified atom stereocenters. The summed E-state index contributed by atoms with van der Waals surface area (Å²) in [6.45, 7) is 2.40. The normalized spacial score (nSPS) is 18.9. The van der Waals surface area contributed by atoms with Gasteiger partial charge in [0.15, 0.2) is 0 Å². The van der Waals surface area contributed by atoms with Crippen molar-refractivity contribution in [1.82, 2.24) is 9.88 Å². The second kappa shape index (κ2) is 7.63. The Morgan fingerprint density at radius 2 is 2.12 bits per heavy atom. The predicted molar refractivity (Wildman–Crippen MR) is 97.4 cm³/mol. The number of carbonyl (C=O) groups is 1. The van der Waals surface area contributed by atoms with Gasteiger partial charge in [-0.3, -0.25) is 9.69 Å². The molecule has 1 aromatic heterocycles. The molecule has 6 heteroatoms. The number of hydrogen-bond acceptors (Lipinski definition) is 5. The minimum Gasteiger partial charge on any atom is -0.392 e. The fourth-order valence-electron chi connectivity index (χ4n) is 3.25. The van der Waals surface area contributed by atoms with Crippen LogP contribution in [0.15, 0.2) is 48.7 Å². The van der Waals surface area contributed by atoms with Gasteiger partial charge in [-0.15, -0.1) is 0 Å². The van der Waals surface area contributed by atoms with Crippen molar-refractivity contribution >= 4 is 11.7 Å². The molecule has 1 aromatic carbocycles. The number of likely N-dealkylation sites (N-methyl/N-ethyl adjacent to an activating group) is 1. The van der Waals surface area contributed by atoms with Crippen LogP contribution in [-0.2, 0) is 0 Å². The zero-order chi connectivity index (χ0) is 17.8. The number of β-amino-alcohol motifs (C(OH)–C–C–N with tert-alkyl or cyclic N) is 1. The lowest BCUT2D eigenvalue weighted by Gasteiger charge is -2.33. The molecule has 2 aromatic rings. The maximum absolute atomic E-state index is 11.2. The molecule has 0 saturated carbocycles. The topological polar surface area (TPSA) is 82.7 Å². The Hall–Kier alpha value is -2.44. The Labute approximate surface area is 147 Å². The maximum Gasteiger partial charge on any atom is 0.250 e. The average Bonchev–Trinajstić information content (AvgIpc) is 3.05. The van der Waals surface area contributed by atoms with E-state index in [1.807, 2.05) is 31.3 Å². The molecule has 1 aliphatic rings. The number of amides is 1. The molecular formula is C19H24N4O2. The molecular weight excluding hydrogens is 316 g/mol. The smallest absolute Gasteiger partial charge is 0.250 e. The highest BCUT2D eigenvalue weighted by Gasteiger charge is 2.26. The Morgan fingerprint density at radius 3 is 2.68 bits per heavy atom. The van der Waals surface area contributed by atoms with Gasteiger partial charge in [0.1, 0.15) is 5.82 Å². The summed E-state index contributed by atoms with van der Waals surface area (Å²) in [5.74, 6) is 0.297. The minimum atomic E-state index is -0.479. The van der Waals surface area contributed by atoms with Crippen molar-refractivity contribution in [3.63, 3.8) is 0 Å². The van der Waals surface area contributed by atoms with Gasteiger partial charge in [0.05, 0.1) is 17.7 Å². The summed E-state index contributed by atoms with van der Waals surface area (Å²) < 4.78 is 0. The molecule has 0 spiro atoms. The van der Waals surface area contributed by atoms with Crippen molar-refractivity contribution in [3.05, 3.63) is 59.8 Å². The Morgan fingerprint density at radius 1 is 1.36 bits per heavy atom. The van der Waals surface area contributed by atoms with Gasteiger partial charge in [-0.2, -0.15) is 0 Å². The van der Waals surface area contributed by atoms with Crippen molar-refractivity contribution in [1.29, 1.82) is 0 Å². The number of aliphatic hydroxyl groups is 1. The van der Waals surface area contributed by atoms with Gasteiger partial charge in [-0.05, 0) is 24.1 Å². The van der Waals surface area contributed by atoms with E-state index in [4.69, 9.17) is 5.73 Å². The number of primary amides is 1. The van der Waals surface area contributed by atoms with Gasteiger partial charge in [0, 0.05) is 32.9 Å². The molecule has 2 heterocycles. The number of rotatable bonds is 6. The van der Waals surface area contributed by atoms with E-state index in [9.17, 15) is 9.90 Å². The van der Waals surface area contributed by atoms with Crippen molar-refractivity contribution in [2.24, 2.45) is 5.73 Å². The highest BCUT2D eigenvalue weighted by molar-refractivity contribution is 5.92. The van der Waals surface area contributed by atoms with E-state index in [2.05, 4.69) is 26.9 Å². The number of likely N-dealkylation sites (tertiary alicyclic amines) is 1. The number of hydrogen-bond donors (Lipinski definition) is 2. The lowest BCUT2D eigenvalue weighted by atomic mass is 10.0. The number of nitrogens with zero attached hydrogens (tertiary/aromatic N) is 3. The molecule has 25 heavy (non-hydrogen) atoms. The number of pyridine rings is 1. The first-order valence-electron chi connectivity index (χ1n) is 8.48. The quantitative estimate of drug-likeness (QED) is 0.831. The summed E-state index contributed by atoms with van der Waals surface area (Å²) in [6.07, 6.45) is 2.08. The van der Waals surface area contributed by atoms with Crippen LogP contribution in [0.4, 0.5) is 5.82 Å². The summed E-state index contributed by atoms with van der Waals surface area (Å²) in [5, 5.41) is 9.81. The first-order chi connectivity index (χ1) is 12.0. The zero-order valence-corrected chi connectivity index (χ0v) is 14.4. The van der Waals surface area contributed by atoms with Gasteiger partial charge in [-0.25, -0.2) is 4.98 Å². The van der Waals surface area contributed by atoms with Gasteiger partial charge < -0.3 is 15.7 Å². The maximum atomic E-state index is 11.2. The van der Waals surface area contributed by atoms with Gasteiger partial charge in [0.25, 0.3) is 0 Å². The summed E-state index contributed by atoms with van der Waals surface area (Å²) in [5.41, 5.74) is 6.88. The Balaban J connectivity index is 1.83. The third kappa shape index (κ3) is 4.15. The molecule has 1 saturated heterocycles. The first-order valence-corrected chi connectivity index (χ1v) is 8.48. The molecule has 2 atom stereocenters. The summed E-state index contributed by atoms with van der Waals surface area (Å²) in [4.78, 5) is 20.0. The number of aromatic nitrogens is 1. The fraction of sp³-hybridized carbons (Fsp3) is 0.368. The van der Waals surface area contributed by atoms with Crippen LogP contribution < -0.4 is 10.6 Å². The molecule has 132 valence electrons. The van der Waals surface area contributed by atoms with E-state index in [1.54, 1.807) is 6.07 Å². The van der Waals surface area contributed by atoms with E-state index < -0.39 is 5.91 Å².